The summed E-state index contributed by atoms with van der Waals surface area (Å²) in [5.74, 6) is 0.0392. The molecular weight excluding hydrogens is 352 g/mol. The molecule has 126 valence electrons. The van der Waals surface area contributed by atoms with E-state index in [9.17, 15) is 4.79 Å². The molecule has 1 fully saturated rings. The molecule has 3 aromatic rings. The zero-order valence-electron chi connectivity index (χ0n) is 13.5. The van der Waals surface area contributed by atoms with Gasteiger partial charge in [0.1, 0.15) is 0 Å². The largest absolute Gasteiger partial charge is 0.301 e. The van der Waals surface area contributed by atoms with E-state index < -0.39 is 0 Å². The Morgan fingerprint density at radius 1 is 1.12 bits per heavy atom. The molecule has 0 unspecified atom stereocenters. The molecular formula is C20H17ClN2OS. The lowest BCUT2D eigenvalue weighted by Crippen LogP contribution is -2.27. The first-order valence-electron chi connectivity index (χ1n) is 8.22. The van der Waals surface area contributed by atoms with Crippen LogP contribution in [-0.4, -0.2) is 10.9 Å². The minimum absolute atomic E-state index is 0.0392. The number of aromatic nitrogens is 1. The number of hydrogen-bond acceptors (Lipinski definition) is 3. The molecule has 0 aliphatic heterocycles. The number of thiazole rings is 1. The van der Waals surface area contributed by atoms with Crippen LogP contribution in [0.15, 0.2) is 60.8 Å². The molecule has 1 N–H and O–H groups in total. The molecule has 1 aliphatic carbocycles. The van der Waals surface area contributed by atoms with Gasteiger partial charge in [-0.05, 0) is 30.0 Å². The van der Waals surface area contributed by atoms with Crippen LogP contribution in [0.3, 0.4) is 0 Å². The summed E-state index contributed by atoms with van der Waals surface area (Å²) in [4.78, 5) is 18.2. The topological polar surface area (TPSA) is 42.0 Å². The second-order valence-corrected chi connectivity index (χ2v) is 7.82. The zero-order valence-corrected chi connectivity index (χ0v) is 15.1. The molecule has 0 radical (unpaired) electrons. The van der Waals surface area contributed by atoms with Gasteiger partial charge >= 0.3 is 0 Å². The van der Waals surface area contributed by atoms with Crippen molar-refractivity contribution in [3.05, 3.63) is 81.8 Å². The number of carbonyl (C=O) groups is 1. The fourth-order valence-electron chi connectivity index (χ4n) is 3.02. The van der Waals surface area contributed by atoms with Crippen molar-refractivity contribution in [1.82, 2.24) is 4.98 Å². The fraction of sp³-hybridized carbons (Fsp3) is 0.200. The lowest BCUT2D eigenvalue weighted by atomic mass is 9.95. The van der Waals surface area contributed by atoms with Crippen LogP contribution < -0.4 is 5.32 Å². The first-order valence-corrected chi connectivity index (χ1v) is 9.42. The number of anilines is 1. The summed E-state index contributed by atoms with van der Waals surface area (Å²) in [6.07, 6.45) is 4.31. The zero-order chi connectivity index (χ0) is 17.3. The van der Waals surface area contributed by atoms with Gasteiger partial charge in [0.25, 0.3) is 0 Å². The van der Waals surface area contributed by atoms with Gasteiger partial charge in [0.05, 0.1) is 5.41 Å². The highest BCUT2D eigenvalue weighted by atomic mass is 35.5. The second kappa shape index (κ2) is 6.62. The molecule has 0 atom stereocenters. The van der Waals surface area contributed by atoms with Crippen molar-refractivity contribution >= 4 is 34.0 Å². The van der Waals surface area contributed by atoms with Crippen LogP contribution in [0.4, 0.5) is 5.13 Å². The standard InChI is InChI=1S/C20H17ClN2OS/c21-17-9-5-4-6-14(17)12-16-13-22-19(25-16)23-18(24)20(10-11-20)15-7-2-1-3-8-15/h1-9,13H,10-12H2,(H,22,23,24). The Balaban J connectivity index is 1.47. The van der Waals surface area contributed by atoms with Gasteiger partial charge in [-0.15, -0.1) is 11.3 Å². The lowest BCUT2D eigenvalue weighted by Gasteiger charge is -2.14. The number of halogens is 1. The van der Waals surface area contributed by atoms with E-state index in [0.717, 1.165) is 40.3 Å². The van der Waals surface area contributed by atoms with Gasteiger partial charge in [0.15, 0.2) is 5.13 Å². The Labute approximate surface area is 155 Å². The van der Waals surface area contributed by atoms with Crippen molar-refractivity contribution in [3.63, 3.8) is 0 Å². The predicted octanol–water partition coefficient (Wildman–Crippen LogP) is 5.06. The van der Waals surface area contributed by atoms with Gasteiger partial charge in [0.2, 0.25) is 5.91 Å². The van der Waals surface area contributed by atoms with E-state index in [1.165, 1.54) is 11.3 Å². The molecule has 3 nitrogen and oxygen atoms in total. The van der Waals surface area contributed by atoms with Gasteiger partial charge in [-0.3, -0.25) is 4.79 Å². The van der Waals surface area contributed by atoms with Crippen LogP contribution in [0.25, 0.3) is 0 Å². The van der Waals surface area contributed by atoms with E-state index >= 15 is 0 Å². The van der Waals surface area contributed by atoms with Gasteiger partial charge < -0.3 is 5.32 Å². The Kier molecular flexibility index (Phi) is 4.32. The number of carbonyl (C=O) groups excluding carboxylic acids is 1. The predicted molar refractivity (Wildman–Crippen MR) is 102 cm³/mol. The van der Waals surface area contributed by atoms with E-state index in [0.29, 0.717) is 5.13 Å². The Bertz CT molecular complexity index is 903. The van der Waals surface area contributed by atoms with Crippen molar-refractivity contribution < 1.29 is 4.79 Å². The van der Waals surface area contributed by atoms with Crippen molar-refractivity contribution in [1.29, 1.82) is 0 Å². The quantitative estimate of drug-likeness (QED) is 0.684. The molecule has 0 spiro atoms. The van der Waals surface area contributed by atoms with Crippen LogP contribution in [0.2, 0.25) is 5.02 Å². The van der Waals surface area contributed by atoms with Crippen molar-refractivity contribution in [2.45, 2.75) is 24.7 Å². The molecule has 0 bridgehead atoms. The van der Waals surface area contributed by atoms with Crippen LogP contribution >= 0.6 is 22.9 Å². The Hall–Kier alpha value is -2.17. The molecule has 0 saturated heterocycles. The van der Waals surface area contributed by atoms with Crippen molar-refractivity contribution in [3.8, 4) is 0 Å². The number of nitrogens with one attached hydrogen (secondary N) is 1. The number of nitrogens with zero attached hydrogens (tertiary/aromatic N) is 1. The fourth-order valence-corrected chi connectivity index (χ4v) is 4.06. The summed E-state index contributed by atoms with van der Waals surface area (Å²) < 4.78 is 0. The Morgan fingerprint density at radius 2 is 1.84 bits per heavy atom. The van der Waals surface area contributed by atoms with E-state index in [-0.39, 0.29) is 11.3 Å². The first kappa shape index (κ1) is 16.3. The molecule has 5 heteroatoms. The number of rotatable bonds is 5. The first-order chi connectivity index (χ1) is 12.2. The van der Waals surface area contributed by atoms with Crippen LogP contribution in [-0.2, 0) is 16.6 Å². The molecule has 1 aliphatic rings. The average molecular weight is 369 g/mol. The summed E-state index contributed by atoms with van der Waals surface area (Å²) in [6.45, 7) is 0. The van der Waals surface area contributed by atoms with E-state index in [2.05, 4.69) is 10.3 Å². The lowest BCUT2D eigenvalue weighted by molar-refractivity contribution is -0.118. The number of amides is 1. The molecule has 1 saturated carbocycles. The highest BCUT2D eigenvalue weighted by Crippen LogP contribution is 2.49. The maximum Gasteiger partial charge on any atom is 0.236 e. The minimum atomic E-state index is -0.379. The van der Waals surface area contributed by atoms with Gasteiger partial charge in [-0.25, -0.2) is 4.98 Å². The summed E-state index contributed by atoms with van der Waals surface area (Å²) in [7, 11) is 0. The van der Waals surface area contributed by atoms with Crippen LogP contribution in [0.5, 0.6) is 0 Å². The third-order valence-corrected chi connectivity index (χ3v) is 5.89. The second-order valence-electron chi connectivity index (χ2n) is 6.30. The monoisotopic (exact) mass is 368 g/mol. The molecule has 1 aromatic heterocycles. The summed E-state index contributed by atoms with van der Waals surface area (Å²) in [5.41, 5.74) is 1.77. The molecule has 1 heterocycles. The maximum atomic E-state index is 12.8. The molecule has 1 amide bonds. The molecule has 4 rings (SSSR count). The van der Waals surface area contributed by atoms with Gasteiger partial charge in [-0.1, -0.05) is 60.1 Å². The van der Waals surface area contributed by atoms with E-state index in [1.54, 1.807) is 0 Å². The third kappa shape index (κ3) is 3.32. The normalized spacial score (nSPS) is 14.9. The maximum absolute atomic E-state index is 12.8. The number of benzene rings is 2. The number of hydrogen-bond donors (Lipinski definition) is 1. The Morgan fingerprint density at radius 3 is 2.56 bits per heavy atom. The third-order valence-electron chi connectivity index (χ3n) is 4.61. The molecule has 25 heavy (non-hydrogen) atoms. The summed E-state index contributed by atoms with van der Waals surface area (Å²) in [6, 6.07) is 17.8. The minimum Gasteiger partial charge on any atom is -0.301 e. The van der Waals surface area contributed by atoms with E-state index in [4.69, 9.17) is 11.6 Å². The SMILES string of the molecule is O=C(Nc1ncc(Cc2ccccc2Cl)s1)C1(c2ccccc2)CC1. The van der Waals surface area contributed by atoms with Gasteiger partial charge in [0, 0.05) is 22.5 Å². The smallest absolute Gasteiger partial charge is 0.236 e. The summed E-state index contributed by atoms with van der Waals surface area (Å²) >= 11 is 7.72. The average Bonchev–Trinajstić information content (AvgIpc) is 3.34. The van der Waals surface area contributed by atoms with Crippen LogP contribution in [0.1, 0.15) is 28.8 Å². The van der Waals surface area contributed by atoms with E-state index in [1.807, 2.05) is 60.8 Å². The van der Waals surface area contributed by atoms with Crippen LogP contribution in [0, 0.1) is 0 Å². The molecule has 2 aromatic carbocycles. The van der Waals surface area contributed by atoms with Crippen molar-refractivity contribution in [2.75, 3.05) is 5.32 Å². The van der Waals surface area contributed by atoms with Crippen molar-refractivity contribution in [2.24, 2.45) is 0 Å². The summed E-state index contributed by atoms with van der Waals surface area (Å²) in [5, 5.41) is 4.40. The highest BCUT2D eigenvalue weighted by Gasteiger charge is 2.51. The van der Waals surface area contributed by atoms with Gasteiger partial charge in [-0.2, -0.15) is 0 Å². The highest BCUT2D eigenvalue weighted by molar-refractivity contribution is 7.15.